The highest BCUT2D eigenvalue weighted by molar-refractivity contribution is 7.92. The van der Waals surface area contributed by atoms with Crippen LogP contribution in [0.3, 0.4) is 0 Å². The Bertz CT molecular complexity index is 1330. The number of methoxy groups -OCH3 is 1. The maximum Gasteiger partial charge on any atom is 0.262 e. The van der Waals surface area contributed by atoms with Gasteiger partial charge in [0.2, 0.25) is 10.0 Å². The van der Waals surface area contributed by atoms with Crippen LogP contribution in [0.5, 0.6) is 11.5 Å². The lowest BCUT2D eigenvalue weighted by Gasteiger charge is -2.38. The third kappa shape index (κ3) is 6.53. The molecule has 204 valence electrons. The van der Waals surface area contributed by atoms with Gasteiger partial charge in [-0.1, -0.05) is 13.0 Å². The normalized spacial score (nSPS) is 19.4. The lowest BCUT2D eigenvalue weighted by molar-refractivity contribution is 0.0389. The summed E-state index contributed by atoms with van der Waals surface area (Å²) in [6.07, 6.45) is 0.346. The van der Waals surface area contributed by atoms with Crippen molar-refractivity contribution in [1.82, 2.24) is 9.21 Å². The fraction of sp³-hybridized carbons (Fsp3) is 0.458. The van der Waals surface area contributed by atoms with Crippen LogP contribution in [0.25, 0.3) is 0 Å². The predicted octanol–water partition coefficient (Wildman–Crippen LogP) is 1.61. The number of hydrogen-bond acceptors (Lipinski definition) is 8. The number of likely N-dealkylation sites (N-methyl/N-ethyl adjacent to an activating group) is 1. The number of para-hydroxylation sites is 1. The molecule has 0 saturated heterocycles. The number of benzene rings is 2. The van der Waals surface area contributed by atoms with E-state index in [1.165, 1.54) is 61.5 Å². The maximum atomic E-state index is 13.5. The van der Waals surface area contributed by atoms with Crippen LogP contribution in [0.4, 0.5) is 5.69 Å². The summed E-state index contributed by atoms with van der Waals surface area (Å²) in [5.74, 6) is -0.328. The Morgan fingerprint density at radius 2 is 1.84 bits per heavy atom. The number of hydrogen-bond donors (Lipinski definition) is 2. The first kappa shape index (κ1) is 28.7. The van der Waals surface area contributed by atoms with E-state index in [1.54, 1.807) is 13.8 Å². The van der Waals surface area contributed by atoms with Gasteiger partial charge in [-0.25, -0.2) is 21.1 Å². The van der Waals surface area contributed by atoms with Crippen molar-refractivity contribution in [2.75, 3.05) is 44.8 Å². The molecule has 0 radical (unpaired) electrons. The Morgan fingerprint density at radius 3 is 2.41 bits per heavy atom. The highest BCUT2D eigenvalue weighted by Crippen LogP contribution is 2.36. The van der Waals surface area contributed by atoms with E-state index in [9.17, 15) is 26.7 Å². The van der Waals surface area contributed by atoms with Crippen molar-refractivity contribution >= 4 is 31.6 Å². The second-order valence-electron chi connectivity index (χ2n) is 9.13. The summed E-state index contributed by atoms with van der Waals surface area (Å²) in [6, 6.07) is 9.76. The Hall–Kier alpha value is -2.87. The lowest BCUT2D eigenvalue weighted by atomic mass is 9.99. The minimum Gasteiger partial charge on any atom is -0.497 e. The first-order valence-electron chi connectivity index (χ1n) is 11.6. The van der Waals surface area contributed by atoms with Crippen molar-refractivity contribution < 1.29 is 36.2 Å². The second kappa shape index (κ2) is 11.3. The highest BCUT2D eigenvalue weighted by Gasteiger charge is 2.35. The Labute approximate surface area is 218 Å². The first-order valence-corrected chi connectivity index (χ1v) is 14.9. The van der Waals surface area contributed by atoms with E-state index in [0.29, 0.717) is 5.75 Å². The largest absolute Gasteiger partial charge is 0.497 e. The molecule has 2 aromatic rings. The lowest BCUT2D eigenvalue weighted by Crippen LogP contribution is -2.50. The fourth-order valence-corrected chi connectivity index (χ4v) is 5.37. The summed E-state index contributed by atoms with van der Waals surface area (Å²) in [5, 5.41) is 9.78. The van der Waals surface area contributed by atoms with Crippen LogP contribution in [0.15, 0.2) is 47.4 Å². The molecule has 0 spiro atoms. The number of aliphatic hydroxyl groups is 1. The molecule has 1 aliphatic heterocycles. The molecular formula is C24H33N3O8S2. The van der Waals surface area contributed by atoms with Crippen LogP contribution in [0, 0.1) is 5.92 Å². The minimum atomic E-state index is -4.08. The van der Waals surface area contributed by atoms with Crippen LogP contribution in [-0.4, -0.2) is 89.3 Å². The summed E-state index contributed by atoms with van der Waals surface area (Å²) < 4.78 is 65.5. The van der Waals surface area contributed by atoms with E-state index in [1.807, 2.05) is 0 Å². The number of anilines is 1. The number of nitrogens with zero attached hydrogens (tertiary/aromatic N) is 2. The van der Waals surface area contributed by atoms with Crippen molar-refractivity contribution in [3.8, 4) is 11.5 Å². The summed E-state index contributed by atoms with van der Waals surface area (Å²) >= 11 is 0. The summed E-state index contributed by atoms with van der Waals surface area (Å²) in [5.41, 5.74) is 0.119. The number of aliphatic hydroxyl groups excluding tert-OH is 1. The molecule has 0 bridgehead atoms. The van der Waals surface area contributed by atoms with Gasteiger partial charge in [0.25, 0.3) is 15.9 Å². The van der Waals surface area contributed by atoms with E-state index in [4.69, 9.17) is 9.47 Å². The number of nitrogens with one attached hydrogen (secondary N) is 1. The number of ether oxygens (including phenoxy) is 2. The molecule has 1 aliphatic rings. The zero-order valence-corrected chi connectivity index (χ0v) is 23.0. The molecule has 0 aromatic heterocycles. The molecular weight excluding hydrogens is 522 g/mol. The molecule has 0 fully saturated rings. The predicted molar refractivity (Wildman–Crippen MR) is 139 cm³/mol. The van der Waals surface area contributed by atoms with Crippen LogP contribution >= 0.6 is 0 Å². The standard InChI is InChI=1S/C24H33N3O8S2/c1-16-13-27(17(2)15-28)24(29)20-7-6-8-21(23(20)35-22(16)14-26(3)36(5,30)31)25-37(32,33)19-11-9-18(34-4)10-12-19/h6-12,16-17,22,25,28H,13-15H2,1-5H3/t16-,17-,22-/m0/s1. The summed E-state index contributed by atoms with van der Waals surface area (Å²) in [4.78, 5) is 15.0. The molecule has 0 aliphatic carbocycles. The SMILES string of the molecule is COc1ccc(S(=O)(=O)Nc2cccc3c2O[C@@H](CN(C)S(C)(=O)=O)[C@@H](C)CN([C@@H](C)CO)C3=O)cc1. The number of fused-ring (bicyclic) bond motifs is 1. The molecule has 1 heterocycles. The molecule has 11 nitrogen and oxygen atoms in total. The highest BCUT2D eigenvalue weighted by atomic mass is 32.2. The minimum absolute atomic E-state index is 0.0156. The topological polar surface area (TPSA) is 143 Å². The first-order chi connectivity index (χ1) is 17.3. The van der Waals surface area contributed by atoms with Gasteiger partial charge >= 0.3 is 0 Å². The number of carbonyl (C=O) groups is 1. The van der Waals surface area contributed by atoms with Gasteiger partial charge in [0.05, 0.1) is 48.7 Å². The van der Waals surface area contributed by atoms with Crippen molar-refractivity contribution in [1.29, 1.82) is 0 Å². The molecule has 3 atom stereocenters. The summed E-state index contributed by atoms with van der Waals surface area (Å²) in [6.45, 7) is 3.38. The number of amides is 1. The van der Waals surface area contributed by atoms with Gasteiger partial charge in [-0.05, 0) is 43.3 Å². The van der Waals surface area contributed by atoms with Gasteiger partial charge in [-0.3, -0.25) is 9.52 Å². The Morgan fingerprint density at radius 1 is 1.19 bits per heavy atom. The molecule has 1 amide bonds. The van der Waals surface area contributed by atoms with Crippen molar-refractivity contribution in [3.05, 3.63) is 48.0 Å². The van der Waals surface area contributed by atoms with Gasteiger partial charge < -0.3 is 19.5 Å². The molecule has 0 unspecified atom stereocenters. The Kier molecular flexibility index (Phi) is 8.73. The van der Waals surface area contributed by atoms with Crippen molar-refractivity contribution in [2.24, 2.45) is 5.92 Å². The fourth-order valence-electron chi connectivity index (χ4n) is 3.89. The second-order valence-corrected chi connectivity index (χ2v) is 12.9. The third-order valence-electron chi connectivity index (χ3n) is 6.31. The average Bonchev–Trinajstić information content (AvgIpc) is 2.85. The zero-order chi connectivity index (χ0) is 27.5. The average molecular weight is 556 g/mol. The third-order valence-corrected chi connectivity index (χ3v) is 8.97. The van der Waals surface area contributed by atoms with E-state index >= 15 is 0 Å². The van der Waals surface area contributed by atoms with Gasteiger partial charge in [0, 0.05) is 19.5 Å². The van der Waals surface area contributed by atoms with Crippen molar-refractivity contribution in [2.45, 2.75) is 30.9 Å². The Balaban J connectivity index is 2.10. The van der Waals surface area contributed by atoms with Gasteiger partial charge in [-0.2, -0.15) is 0 Å². The van der Waals surface area contributed by atoms with Crippen LogP contribution in [0.1, 0.15) is 24.2 Å². The molecule has 2 aromatic carbocycles. The number of sulfonamides is 2. The monoisotopic (exact) mass is 555 g/mol. The van der Waals surface area contributed by atoms with Gasteiger partial charge in [0.1, 0.15) is 11.9 Å². The van der Waals surface area contributed by atoms with E-state index in [0.717, 1.165) is 10.6 Å². The quantitative estimate of drug-likeness (QED) is 0.475. The number of carbonyl (C=O) groups excluding carboxylic acids is 1. The van der Waals surface area contributed by atoms with Crippen LogP contribution in [0.2, 0.25) is 0 Å². The van der Waals surface area contributed by atoms with E-state index < -0.39 is 38.1 Å². The molecule has 13 heteroatoms. The molecule has 2 N–H and O–H groups in total. The maximum absolute atomic E-state index is 13.5. The van der Waals surface area contributed by atoms with Crippen molar-refractivity contribution in [3.63, 3.8) is 0 Å². The van der Waals surface area contributed by atoms with Crippen LogP contribution in [-0.2, 0) is 20.0 Å². The number of rotatable bonds is 9. The molecule has 3 rings (SSSR count). The van der Waals surface area contributed by atoms with E-state index in [-0.39, 0.29) is 47.5 Å². The smallest absolute Gasteiger partial charge is 0.262 e. The van der Waals surface area contributed by atoms with Gasteiger partial charge in [0.15, 0.2) is 5.75 Å². The molecule has 37 heavy (non-hydrogen) atoms. The zero-order valence-electron chi connectivity index (χ0n) is 21.4. The van der Waals surface area contributed by atoms with Gasteiger partial charge in [-0.15, -0.1) is 0 Å². The summed E-state index contributed by atoms with van der Waals surface area (Å²) in [7, 11) is -4.73. The van der Waals surface area contributed by atoms with E-state index in [2.05, 4.69) is 4.72 Å². The van der Waals surface area contributed by atoms with Crippen LogP contribution < -0.4 is 14.2 Å². The molecule has 0 saturated carbocycles.